The average Bonchev–Trinajstić information content (AvgIpc) is 2.66. The molecule has 2 aromatic rings. The first kappa shape index (κ1) is 16.8. The van der Waals surface area contributed by atoms with Crippen LogP contribution in [-0.2, 0) is 16.1 Å². The van der Waals surface area contributed by atoms with Gasteiger partial charge in [-0.1, -0.05) is 30.3 Å². The second-order valence-corrected chi connectivity index (χ2v) is 5.81. The van der Waals surface area contributed by atoms with Gasteiger partial charge in [-0.05, 0) is 29.8 Å². The number of methoxy groups -OCH3 is 1. The number of benzene rings is 2. The summed E-state index contributed by atoms with van der Waals surface area (Å²) >= 11 is 0. The zero-order chi connectivity index (χ0) is 17.8. The first-order valence-corrected chi connectivity index (χ1v) is 7.99. The molecule has 2 aromatic carbocycles. The van der Waals surface area contributed by atoms with Gasteiger partial charge in [-0.2, -0.15) is 0 Å². The van der Waals surface area contributed by atoms with Crippen molar-refractivity contribution in [1.29, 1.82) is 0 Å². The van der Waals surface area contributed by atoms with Crippen molar-refractivity contribution < 1.29 is 19.1 Å². The molecule has 25 heavy (non-hydrogen) atoms. The number of rotatable bonds is 5. The monoisotopic (exact) mass is 340 g/mol. The third-order valence-electron chi connectivity index (χ3n) is 4.25. The normalized spacial score (nSPS) is 16.2. The Morgan fingerprint density at radius 1 is 1.16 bits per heavy atom. The third-order valence-corrected chi connectivity index (χ3v) is 4.25. The number of carbonyl (C=O) groups excluding carboxylic acids is 2. The molecule has 0 unspecified atom stereocenters. The van der Waals surface area contributed by atoms with E-state index in [-0.39, 0.29) is 12.5 Å². The summed E-state index contributed by atoms with van der Waals surface area (Å²) in [6, 6.07) is 16.2. The van der Waals surface area contributed by atoms with Gasteiger partial charge in [0, 0.05) is 12.7 Å². The van der Waals surface area contributed by atoms with Gasteiger partial charge in [0.05, 0.1) is 13.7 Å². The molecule has 1 aliphatic heterocycles. The number of ether oxygens (including phenoxy) is 2. The van der Waals surface area contributed by atoms with E-state index in [4.69, 9.17) is 9.47 Å². The van der Waals surface area contributed by atoms with Crippen molar-refractivity contribution in [1.82, 2.24) is 4.90 Å². The molecule has 1 heterocycles. The quantitative estimate of drug-likeness (QED) is 0.785. The van der Waals surface area contributed by atoms with Crippen LogP contribution in [0.4, 0.5) is 10.5 Å². The number of likely N-dealkylation sites (N-methyl/N-ethyl adjacent to an activating group) is 1. The topological polar surface area (TPSA) is 59.1 Å². The Labute approximate surface area is 146 Å². The summed E-state index contributed by atoms with van der Waals surface area (Å²) in [6.07, 6.45) is -0.503. The van der Waals surface area contributed by atoms with Crippen molar-refractivity contribution >= 4 is 17.7 Å². The summed E-state index contributed by atoms with van der Waals surface area (Å²) < 4.78 is 10.4. The fourth-order valence-corrected chi connectivity index (χ4v) is 2.64. The number of amides is 2. The molecular formula is C19H20N2O4. The SMILES string of the molecule is COc1ccc(N2C[C@H](N(C)C(=O)OCc3ccccc3)C2=O)cc1. The minimum atomic E-state index is -0.503. The van der Waals surface area contributed by atoms with E-state index in [1.807, 2.05) is 42.5 Å². The van der Waals surface area contributed by atoms with Crippen LogP contribution in [0.1, 0.15) is 5.56 Å². The molecule has 0 spiro atoms. The molecule has 1 saturated heterocycles. The van der Waals surface area contributed by atoms with E-state index in [0.29, 0.717) is 6.54 Å². The molecule has 0 aromatic heterocycles. The summed E-state index contributed by atoms with van der Waals surface area (Å²) in [5.41, 5.74) is 1.69. The molecule has 1 aliphatic rings. The minimum Gasteiger partial charge on any atom is -0.497 e. The summed E-state index contributed by atoms with van der Waals surface area (Å²) in [6.45, 7) is 0.634. The lowest BCUT2D eigenvalue weighted by molar-refractivity contribution is -0.127. The highest BCUT2D eigenvalue weighted by Crippen LogP contribution is 2.26. The van der Waals surface area contributed by atoms with Crippen LogP contribution >= 0.6 is 0 Å². The smallest absolute Gasteiger partial charge is 0.410 e. The van der Waals surface area contributed by atoms with Crippen LogP contribution in [0, 0.1) is 0 Å². The highest BCUT2D eigenvalue weighted by Gasteiger charge is 2.42. The van der Waals surface area contributed by atoms with Crippen molar-refractivity contribution in [2.24, 2.45) is 0 Å². The van der Waals surface area contributed by atoms with Crippen LogP contribution < -0.4 is 9.64 Å². The summed E-state index contributed by atoms with van der Waals surface area (Å²) in [7, 11) is 3.18. The molecule has 1 fully saturated rings. The fraction of sp³-hybridized carbons (Fsp3) is 0.263. The van der Waals surface area contributed by atoms with Gasteiger partial charge in [0.15, 0.2) is 0 Å². The zero-order valence-electron chi connectivity index (χ0n) is 14.2. The standard InChI is InChI=1S/C19H20N2O4/c1-20(19(23)25-13-14-6-4-3-5-7-14)17-12-21(18(17)22)15-8-10-16(24-2)11-9-15/h3-11,17H,12-13H2,1-2H3/t17-/m0/s1. The second-order valence-electron chi connectivity index (χ2n) is 5.81. The van der Waals surface area contributed by atoms with Crippen LogP contribution in [0.3, 0.4) is 0 Å². The minimum absolute atomic E-state index is 0.121. The number of nitrogens with zero attached hydrogens (tertiary/aromatic N) is 2. The second kappa shape index (κ2) is 7.25. The number of hydrogen-bond donors (Lipinski definition) is 0. The molecule has 0 bridgehead atoms. The molecule has 0 radical (unpaired) electrons. The molecule has 3 rings (SSSR count). The summed E-state index contributed by atoms with van der Waals surface area (Å²) in [4.78, 5) is 27.5. The molecular weight excluding hydrogens is 320 g/mol. The fourth-order valence-electron chi connectivity index (χ4n) is 2.64. The predicted molar refractivity (Wildman–Crippen MR) is 93.5 cm³/mol. The van der Waals surface area contributed by atoms with Crippen molar-refractivity contribution in [2.75, 3.05) is 25.6 Å². The molecule has 2 amide bonds. The molecule has 0 saturated carbocycles. The molecule has 0 N–H and O–H groups in total. The van der Waals surface area contributed by atoms with Crippen molar-refractivity contribution in [3.8, 4) is 5.75 Å². The Kier molecular flexibility index (Phi) is 4.88. The van der Waals surface area contributed by atoms with Crippen LogP contribution in [0.25, 0.3) is 0 Å². The maximum absolute atomic E-state index is 12.4. The highest BCUT2D eigenvalue weighted by molar-refractivity contribution is 6.05. The highest BCUT2D eigenvalue weighted by atomic mass is 16.6. The lowest BCUT2D eigenvalue weighted by Crippen LogP contribution is -2.64. The Bertz CT molecular complexity index is 746. The maximum Gasteiger partial charge on any atom is 0.410 e. The van der Waals surface area contributed by atoms with E-state index in [1.165, 1.54) is 4.90 Å². The van der Waals surface area contributed by atoms with Gasteiger partial charge in [-0.3, -0.25) is 9.69 Å². The predicted octanol–water partition coefficient (Wildman–Crippen LogP) is 2.68. The van der Waals surface area contributed by atoms with Gasteiger partial charge in [0.2, 0.25) is 0 Å². The number of hydrogen-bond acceptors (Lipinski definition) is 4. The van der Waals surface area contributed by atoms with E-state index in [1.54, 1.807) is 31.2 Å². The van der Waals surface area contributed by atoms with E-state index >= 15 is 0 Å². The van der Waals surface area contributed by atoms with Gasteiger partial charge >= 0.3 is 6.09 Å². The van der Waals surface area contributed by atoms with E-state index in [2.05, 4.69) is 0 Å². The van der Waals surface area contributed by atoms with Crippen LogP contribution in [0.15, 0.2) is 54.6 Å². The van der Waals surface area contributed by atoms with E-state index < -0.39 is 12.1 Å². The van der Waals surface area contributed by atoms with Crippen LogP contribution in [-0.4, -0.2) is 43.6 Å². The van der Waals surface area contributed by atoms with E-state index in [9.17, 15) is 9.59 Å². The largest absolute Gasteiger partial charge is 0.497 e. The van der Waals surface area contributed by atoms with Gasteiger partial charge in [0.25, 0.3) is 5.91 Å². The Balaban J connectivity index is 1.54. The molecule has 6 heteroatoms. The zero-order valence-corrected chi connectivity index (χ0v) is 14.2. The van der Waals surface area contributed by atoms with E-state index in [0.717, 1.165) is 17.0 Å². The number of β-lactam (4-membered cyclic amide) rings is 1. The van der Waals surface area contributed by atoms with Crippen molar-refractivity contribution in [2.45, 2.75) is 12.6 Å². The number of carbonyl (C=O) groups is 2. The third kappa shape index (κ3) is 3.57. The first-order chi connectivity index (χ1) is 12.1. The van der Waals surface area contributed by atoms with Crippen LogP contribution in [0.2, 0.25) is 0 Å². The summed E-state index contributed by atoms with van der Waals surface area (Å²) in [5.74, 6) is 0.610. The van der Waals surface area contributed by atoms with Crippen LogP contribution in [0.5, 0.6) is 5.75 Å². The van der Waals surface area contributed by atoms with Gasteiger partial charge < -0.3 is 14.4 Å². The number of anilines is 1. The van der Waals surface area contributed by atoms with Gasteiger partial charge in [-0.25, -0.2) is 4.79 Å². The Morgan fingerprint density at radius 3 is 2.44 bits per heavy atom. The van der Waals surface area contributed by atoms with Gasteiger partial charge in [0.1, 0.15) is 18.4 Å². The Morgan fingerprint density at radius 2 is 1.84 bits per heavy atom. The lowest BCUT2D eigenvalue weighted by atomic mass is 10.1. The average molecular weight is 340 g/mol. The van der Waals surface area contributed by atoms with Crippen molar-refractivity contribution in [3.05, 3.63) is 60.2 Å². The lowest BCUT2D eigenvalue weighted by Gasteiger charge is -2.42. The molecule has 6 nitrogen and oxygen atoms in total. The molecule has 130 valence electrons. The van der Waals surface area contributed by atoms with Crippen molar-refractivity contribution in [3.63, 3.8) is 0 Å². The molecule has 0 aliphatic carbocycles. The first-order valence-electron chi connectivity index (χ1n) is 7.99. The Hall–Kier alpha value is -3.02. The molecule has 1 atom stereocenters. The maximum atomic E-state index is 12.4. The summed E-state index contributed by atoms with van der Waals surface area (Å²) in [5, 5.41) is 0. The van der Waals surface area contributed by atoms with Gasteiger partial charge in [-0.15, -0.1) is 0 Å².